The van der Waals surface area contributed by atoms with Crippen LogP contribution in [-0.2, 0) is 24.3 Å². The van der Waals surface area contributed by atoms with Crippen LogP contribution in [0.4, 0.5) is 4.39 Å². The molecule has 0 saturated heterocycles. The first-order valence-corrected chi connectivity index (χ1v) is 10.8. The first-order chi connectivity index (χ1) is 15.1. The van der Waals surface area contributed by atoms with Crippen LogP contribution in [0.2, 0.25) is 0 Å². The van der Waals surface area contributed by atoms with Crippen molar-refractivity contribution in [3.63, 3.8) is 0 Å². The van der Waals surface area contributed by atoms with E-state index in [4.69, 9.17) is 4.42 Å². The Morgan fingerprint density at radius 3 is 2.84 bits per heavy atom. The van der Waals surface area contributed by atoms with Gasteiger partial charge in [-0.05, 0) is 67.6 Å². The highest BCUT2D eigenvalue weighted by Crippen LogP contribution is 2.39. The first kappa shape index (κ1) is 19.6. The summed E-state index contributed by atoms with van der Waals surface area (Å²) in [6.45, 7) is 2.88. The van der Waals surface area contributed by atoms with E-state index in [1.165, 1.54) is 11.8 Å². The number of rotatable bonds is 5. The van der Waals surface area contributed by atoms with Crippen LogP contribution in [0.5, 0.6) is 0 Å². The van der Waals surface area contributed by atoms with E-state index in [1.54, 1.807) is 12.1 Å². The van der Waals surface area contributed by atoms with E-state index >= 15 is 0 Å². The molecule has 1 N–H and O–H groups in total. The Labute approximate surface area is 180 Å². The summed E-state index contributed by atoms with van der Waals surface area (Å²) >= 11 is 0. The zero-order valence-corrected chi connectivity index (χ0v) is 17.5. The van der Waals surface area contributed by atoms with Crippen molar-refractivity contribution in [2.24, 2.45) is 0 Å². The Morgan fingerprint density at radius 2 is 2.03 bits per heavy atom. The molecule has 0 aliphatic heterocycles. The summed E-state index contributed by atoms with van der Waals surface area (Å²) < 4.78 is 21.6. The number of hydrogen-bond acceptors (Lipinski definition) is 2. The third-order valence-electron chi connectivity index (χ3n) is 6.16. The smallest absolute Gasteiger partial charge is 0.228 e. The molecular weight excluding hydrogens is 391 g/mol. The number of carbonyl (C=O) groups is 1. The summed E-state index contributed by atoms with van der Waals surface area (Å²) in [6, 6.07) is 18.8. The van der Waals surface area contributed by atoms with E-state index in [0.717, 1.165) is 52.8 Å². The minimum absolute atomic E-state index is 0.0312. The van der Waals surface area contributed by atoms with Crippen LogP contribution in [0, 0.1) is 12.7 Å². The molecule has 1 aliphatic rings. The average Bonchev–Trinajstić information content (AvgIpc) is 3.33. The highest BCUT2D eigenvalue weighted by Gasteiger charge is 2.31. The zero-order valence-electron chi connectivity index (χ0n) is 17.5. The number of hydrogen-bond donors (Lipinski definition) is 1. The van der Waals surface area contributed by atoms with E-state index in [1.807, 2.05) is 37.3 Å². The van der Waals surface area contributed by atoms with Gasteiger partial charge in [0.05, 0.1) is 12.5 Å². The molecule has 158 valence electrons. The maximum absolute atomic E-state index is 13.8. The molecule has 4 aromatic rings. The van der Waals surface area contributed by atoms with Gasteiger partial charge in [0, 0.05) is 23.1 Å². The molecule has 0 radical (unpaired) electrons. The highest BCUT2D eigenvalue weighted by molar-refractivity contribution is 5.94. The lowest BCUT2D eigenvalue weighted by atomic mass is 9.84. The second kappa shape index (κ2) is 8.06. The molecule has 0 saturated carbocycles. The van der Waals surface area contributed by atoms with Gasteiger partial charge in [-0.25, -0.2) is 4.39 Å². The Balaban J connectivity index is 1.50. The van der Waals surface area contributed by atoms with Crippen molar-refractivity contribution < 1.29 is 13.6 Å². The number of benzene rings is 2. The normalized spacial score (nSPS) is 15.7. The molecule has 1 amide bonds. The van der Waals surface area contributed by atoms with E-state index < -0.39 is 0 Å². The minimum Gasteiger partial charge on any atom is -0.465 e. The fourth-order valence-corrected chi connectivity index (χ4v) is 4.80. The fourth-order valence-electron chi connectivity index (χ4n) is 4.80. The van der Waals surface area contributed by atoms with Crippen molar-refractivity contribution in [3.05, 3.63) is 94.8 Å². The number of nitrogens with zero attached hydrogens (tertiary/aromatic N) is 1. The number of carbonyl (C=O) groups excluding carboxylic acids is 1. The van der Waals surface area contributed by atoms with E-state index in [9.17, 15) is 9.18 Å². The molecule has 31 heavy (non-hydrogen) atoms. The Morgan fingerprint density at radius 1 is 1.16 bits per heavy atom. The molecule has 1 aliphatic carbocycles. The number of furan rings is 1. The van der Waals surface area contributed by atoms with Gasteiger partial charge in [0.15, 0.2) is 0 Å². The van der Waals surface area contributed by atoms with Crippen LogP contribution in [0.15, 0.2) is 65.1 Å². The lowest BCUT2D eigenvalue weighted by Gasteiger charge is -2.24. The van der Waals surface area contributed by atoms with Crippen LogP contribution in [-0.4, -0.2) is 10.5 Å². The van der Waals surface area contributed by atoms with Gasteiger partial charge in [-0.1, -0.05) is 30.3 Å². The highest BCUT2D eigenvalue weighted by atomic mass is 19.1. The van der Waals surface area contributed by atoms with Crippen LogP contribution in [0.25, 0.3) is 10.9 Å². The predicted octanol–water partition coefficient (Wildman–Crippen LogP) is 5.47. The third-order valence-corrected chi connectivity index (χ3v) is 6.16. The van der Waals surface area contributed by atoms with Gasteiger partial charge in [-0.2, -0.15) is 0 Å². The summed E-state index contributed by atoms with van der Waals surface area (Å²) in [7, 11) is 0. The molecule has 2 aromatic heterocycles. The molecule has 0 fully saturated rings. The molecule has 2 heterocycles. The summed E-state index contributed by atoms with van der Waals surface area (Å²) in [5.41, 5.74) is 4.32. The number of aromatic nitrogens is 1. The van der Waals surface area contributed by atoms with Crippen molar-refractivity contribution in [2.75, 3.05) is 0 Å². The predicted molar refractivity (Wildman–Crippen MR) is 118 cm³/mol. The average molecular weight is 416 g/mol. The summed E-state index contributed by atoms with van der Waals surface area (Å²) in [5.74, 6) is 1.20. The Hall–Kier alpha value is -3.34. The van der Waals surface area contributed by atoms with E-state index in [2.05, 4.69) is 22.0 Å². The molecule has 2 aromatic carbocycles. The van der Waals surface area contributed by atoms with Gasteiger partial charge in [0.1, 0.15) is 17.3 Å². The second-order valence-corrected chi connectivity index (χ2v) is 8.27. The molecule has 1 atom stereocenters. The van der Waals surface area contributed by atoms with Crippen molar-refractivity contribution in [1.29, 1.82) is 0 Å². The molecular formula is C26H25FN2O2. The summed E-state index contributed by atoms with van der Waals surface area (Å²) in [5, 5.41) is 4.18. The van der Waals surface area contributed by atoms with Crippen molar-refractivity contribution >= 4 is 16.8 Å². The fraction of sp³-hybridized carbons (Fsp3) is 0.269. The number of nitrogens with one attached hydrogen (secondary N) is 1. The van der Waals surface area contributed by atoms with Crippen LogP contribution in [0.3, 0.4) is 0 Å². The first-order valence-electron chi connectivity index (χ1n) is 10.8. The van der Waals surface area contributed by atoms with Gasteiger partial charge >= 0.3 is 0 Å². The number of amides is 1. The molecule has 0 spiro atoms. The van der Waals surface area contributed by atoms with Gasteiger partial charge in [-0.15, -0.1) is 0 Å². The summed E-state index contributed by atoms with van der Waals surface area (Å²) in [4.78, 5) is 13.2. The maximum Gasteiger partial charge on any atom is 0.228 e. The molecule has 5 heteroatoms. The number of aryl methyl sites for hydroxylation is 1. The van der Waals surface area contributed by atoms with Gasteiger partial charge in [0.25, 0.3) is 0 Å². The minimum atomic E-state index is -0.228. The zero-order chi connectivity index (χ0) is 21.4. The topological polar surface area (TPSA) is 47.2 Å². The number of fused-ring (bicyclic) bond motifs is 3. The molecule has 5 rings (SSSR count). The van der Waals surface area contributed by atoms with Crippen LogP contribution >= 0.6 is 0 Å². The van der Waals surface area contributed by atoms with Gasteiger partial charge in [0.2, 0.25) is 5.91 Å². The monoisotopic (exact) mass is 416 g/mol. The molecule has 0 bridgehead atoms. The Bertz CT molecular complexity index is 1250. The Kier molecular flexibility index (Phi) is 5.10. The standard InChI is InChI=1S/C26H25FN2O2/c1-17-12-13-20(31-17)15-28-26(30)22-9-5-11-24-25(22)21-8-2-3-10-23(21)29(24)16-18-6-4-7-19(27)14-18/h2-4,6-8,10,12-14,22H,5,9,11,15-16H2,1H3,(H,28,30). The second-order valence-electron chi connectivity index (χ2n) is 8.27. The van der Waals surface area contributed by atoms with E-state index in [0.29, 0.717) is 13.1 Å². The van der Waals surface area contributed by atoms with E-state index in [-0.39, 0.29) is 17.6 Å². The van der Waals surface area contributed by atoms with Crippen LogP contribution < -0.4 is 5.32 Å². The maximum atomic E-state index is 13.8. The lowest BCUT2D eigenvalue weighted by molar-refractivity contribution is -0.123. The number of para-hydroxylation sites is 1. The van der Waals surface area contributed by atoms with Gasteiger partial charge in [-0.3, -0.25) is 4.79 Å². The summed E-state index contributed by atoms with van der Waals surface area (Å²) in [6.07, 6.45) is 2.69. The number of halogens is 1. The SMILES string of the molecule is Cc1ccc(CNC(=O)C2CCCc3c2c2ccccc2n3Cc2cccc(F)c2)o1. The van der Waals surface area contributed by atoms with Crippen LogP contribution in [0.1, 0.15) is 47.1 Å². The quantitative estimate of drug-likeness (QED) is 0.469. The lowest BCUT2D eigenvalue weighted by Crippen LogP contribution is -2.31. The van der Waals surface area contributed by atoms with Crippen molar-refractivity contribution in [1.82, 2.24) is 9.88 Å². The third kappa shape index (κ3) is 3.76. The molecule has 1 unspecified atom stereocenters. The van der Waals surface area contributed by atoms with Crippen molar-refractivity contribution in [3.8, 4) is 0 Å². The largest absolute Gasteiger partial charge is 0.465 e. The van der Waals surface area contributed by atoms with Crippen molar-refractivity contribution in [2.45, 2.75) is 45.2 Å². The van der Waals surface area contributed by atoms with Gasteiger partial charge < -0.3 is 14.3 Å². The molecule has 4 nitrogen and oxygen atoms in total.